The minimum atomic E-state index is -4.70. The molecule has 14 nitrogen and oxygen atoms in total. The standard InChI is InChI=1S/C38H45F2N5O9S/c1-37(2,3)54-35(49)41-29-16-8-6-4-5-7-13-24-19-38(24,34(48)43-55(51,52)31-17-10-9-14-28(31)40)42-32(46)30-18-25(21-45(30)33(29)47)53-36(50)44-20-23-12-11-15-27(39)26(23)22-44/h7,9-15,17,24-25,29-30H,4-6,8,16,18-22H2,1-3H3,(H,41,49)(H,42,46)(H,43,48)/t24-,25-,29+,30+,38-/m1/s1. The van der Waals surface area contributed by atoms with Gasteiger partial charge in [0.1, 0.15) is 45.9 Å². The van der Waals surface area contributed by atoms with Crippen molar-refractivity contribution < 1.29 is 50.6 Å². The van der Waals surface area contributed by atoms with E-state index >= 15 is 0 Å². The quantitative estimate of drug-likeness (QED) is 0.375. The number of nitrogens with one attached hydrogen (secondary N) is 3. The predicted octanol–water partition coefficient (Wildman–Crippen LogP) is 4.18. The Morgan fingerprint density at radius 3 is 2.45 bits per heavy atom. The van der Waals surface area contributed by atoms with Gasteiger partial charge in [0.05, 0.1) is 13.1 Å². The van der Waals surface area contributed by atoms with Crippen molar-refractivity contribution >= 4 is 39.9 Å². The summed E-state index contributed by atoms with van der Waals surface area (Å²) in [5.41, 5.74) is -1.66. The Hall–Kier alpha value is -5.06. The lowest BCUT2D eigenvalue weighted by Crippen LogP contribution is -2.58. The van der Waals surface area contributed by atoms with Gasteiger partial charge in [-0.3, -0.25) is 19.3 Å². The highest BCUT2D eigenvalue weighted by Crippen LogP contribution is 2.46. The van der Waals surface area contributed by atoms with E-state index < -0.39 is 91.7 Å². The summed E-state index contributed by atoms with van der Waals surface area (Å²) < 4.78 is 68.4. The zero-order valence-corrected chi connectivity index (χ0v) is 31.6. The van der Waals surface area contributed by atoms with Crippen LogP contribution in [0.5, 0.6) is 0 Å². The Labute approximate surface area is 318 Å². The van der Waals surface area contributed by atoms with E-state index in [9.17, 15) is 41.2 Å². The molecule has 0 unspecified atom stereocenters. The van der Waals surface area contributed by atoms with Crippen molar-refractivity contribution in [2.24, 2.45) is 5.92 Å². The molecular formula is C38H45F2N5O9S. The van der Waals surface area contributed by atoms with Gasteiger partial charge in [-0.2, -0.15) is 0 Å². The van der Waals surface area contributed by atoms with Gasteiger partial charge in [-0.1, -0.05) is 49.3 Å². The van der Waals surface area contributed by atoms with Gasteiger partial charge >= 0.3 is 12.2 Å². The van der Waals surface area contributed by atoms with Crippen molar-refractivity contribution in [3.63, 3.8) is 0 Å². The molecule has 1 saturated carbocycles. The molecule has 0 bridgehead atoms. The van der Waals surface area contributed by atoms with Crippen LogP contribution >= 0.6 is 0 Å². The second-order valence-electron chi connectivity index (χ2n) is 15.4. The number of amides is 5. The van der Waals surface area contributed by atoms with Crippen LogP contribution in [0.4, 0.5) is 18.4 Å². The minimum absolute atomic E-state index is 0.0157. The summed E-state index contributed by atoms with van der Waals surface area (Å²) in [6.07, 6.45) is 3.39. The number of sulfonamides is 1. The fourth-order valence-corrected chi connectivity index (χ4v) is 8.39. The Kier molecular flexibility index (Phi) is 11.2. The number of hydrogen-bond acceptors (Lipinski definition) is 9. The zero-order valence-electron chi connectivity index (χ0n) is 30.8. The van der Waals surface area contributed by atoms with Gasteiger partial charge in [0, 0.05) is 24.4 Å². The SMILES string of the molecule is CC(C)(C)OC(=O)N[C@H]1CCCCCC=C[C@@H]2C[C@@]2(C(=O)NS(=O)(=O)c2ccccc2F)NC(=O)[C@@H]2C[C@@H](OC(=O)N3Cc4cccc(F)c4C3)CN2C1=O. The largest absolute Gasteiger partial charge is 0.444 e. The molecule has 2 aromatic carbocycles. The van der Waals surface area contributed by atoms with Crippen LogP contribution in [0.1, 0.15) is 76.8 Å². The lowest BCUT2D eigenvalue weighted by Gasteiger charge is -2.30. The van der Waals surface area contributed by atoms with E-state index in [-0.39, 0.29) is 38.9 Å². The van der Waals surface area contributed by atoms with Crippen LogP contribution in [0.3, 0.4) is 0 Å². The molecule has 3 aliphatic heterocycles. The summed E-state index contributed by atoms with van der Waals surface area (Å²) >= 11 is 0. The predicted molar refractivity (Wildman–Crippen MR) is 192 cm³/mol. The summed E-state index contributed by atoms with van der Waals surface area (Å²) in [5, 5.41) is 5.33. The molecule has 0 radical (unpaired) electrons. The second-order valence-corrected chi connectivity index (χ2v) is 17.0. The Morgan fingerprint density at radius 2 is 1.73 bits per heavy atom. The molecule has 0 spiro atoms. The number of rotatable bonds is 5. The maximum atomic E-state index is 14.5. The second kappa shape index (κ2) is 15.6. The Morgan fingerprint density at radius 1 is 0.982 bits per heavy atom. The van der Waals surface area contributed by atoms with Crippen molar-refractivity contribution in [3.05, 3.63) is 77.4 Å². The normalized spacial score (nSPS) is 25.7. The number of carbonyl (C=O) groups excluding carboxylic acids is 5. The molecule has 2 fully saturated rings. The first kappa shape index (κ1) is 39.6. The first-order chi connectivity index (χ1) is 26.0. The lowest BCUT2D eigenvalue weighted by molar-refractivity contribution is -0.141. The van der Waals surface area contributed by atoms with E-state index in [0.717, 1.165) is 12.1 Å². The van der Waals surface area contributed by atoms with Gasteiger partial charge in [-0.15, -0.1) is 0 Å². The van der Waals surface area contributed by atoms with Crippen LogP contribution < -0.4 is 15.4 Å². The number of carbonyl (C=O) groups is 5. The van der Waals surface area contributed by atoms with Crippen LogP contribution in [0.25, 0.3) is 0 Å². The molecule has 1 saturated heterocycles. The molecule has 3 heterocycles. The zero-order chi connectivity index (χ0) is 39.7. The lowest BCUT2D eigenvalue weighted by atomic mass is 10.0. The monoisotopic (exact) mass is 785 g/mol. The van der Waals surface area contributed by atoms with Crippen molar-refractivity contribution in [2.45, 2.75) is 113 Å². The highest BCUT2D eigenvalue weighted by Gasteiger charge is 2.62. The summed E-state index contributed by atoms with van der Waals surface area (Å²) in [6, 6.07) is 6.62. The third-order valence-electron chi connectivity index (χ3n) is 10.1. The molecule has 296 valence electrons. The first-order valence-electron chi connectivity index (χ1n) is 18.3. The number of alkyl carbamates (subject to hydrolysis) is 1. The molecule has 55 heavy (non-hydrogen) atoms. The maximum Gasteiger partial charge on any atom is 0.410 e. The van der Waals surface area contributed by atoms with Crippen LogP contribution in [0.15, 0.2) is 59.5 Å². The molecule has 0 aromatic heterocycles. The summed E-state index contributed by atoms with van der Waals surface area (Å²) in [5.74, 6) is -4.73. The third kappa shape index (κ3) is 8.92. The molecule has 3 N–H and O–H groups in total. The van der Waals surface area contributed by atoms with Crippen molar-refractivity contribution in [1.29, 1.82) is 0 Å². The summed E-state index contributed by atoms with van der Waals surface area (Å²) in [7, 11) is -4.70. The number of ether oxygens (including phenoxy) is 2. The van der Waals surface area contributed by atoms with E-state index in [4.69, 9.17) is 9.47 Å². The highest BCUT2D eigenvalue weighted by molar-refractivity contribution is 7.90. The fourth-order valence-electron chi connectivity index (χ4n) is 7.27. The average Bonchev–Trinajstić information content (AvgIpc) is 3.40. The van der Waals surface area contributed by atoms with Gasteiger partial charge in [-0.25, -0.2) is 31.5 Å². The van der Waals surface area contributed by atoms with E-state index in [1.165, 1.54) is 28.0 Å². The molecule has 17 heteroatoms. The van der Waals surface area contributed by atoms with Gasteiger partial charge in [0.15, 0.2) is 0 Å². The van der Waals surface area contributed by atoms with E-state index in [1.807, 2.05) is 10.8 Å². The molecule has 4 aliphatic rings. The topological polar surface area (TPSA) is 181 Å². The maximum absolute atomic E-state index is 14.5. The van der Waals surface area contributed by atoms with Crippen LogP contribution in [-0.4, -0.2) is 84.0 Å². The van der Waals surface area contributed by atoms with E-state index in [1.54, 1.807) is 39.0 Å². The van der Waals surface area contributed by atoms with Gasteiger partial charge in [0.2, 0.25) is 11.8 Å². The van der Waals surface area contributed by atoms with Crippen LogP contribution in [-0.2, 0) is 47.0 Å². The first-order valence-corrected chi connectivity index (χ1v) is 19.8. The van der Waals surface area contributed by atoms with E-state index in [0.29, 0.717) is 36.8 Å². The summed E-state index contributed by atoms with van der Waals surface area (Å²) in [6.45, 7) is 4.81. The van der Waals surface area contributed by atoms with Gasteiger partial charge < -0.3 is 25.0 Å². The number of nitrogens with zero attached hydrogens (tertiary/aromatic N) is 2. The van der Waals surface area contributed by atoms with Crippen molar-refractivity contribution in [2.75, 3.05) is 6.54 Å². The molecule has 2 aromatic rings. The molecule has 5 atom stereocenters. The van der Waals surface area contributed by atoms with Crippen molar-refractivity contribution in [1.82, 2.24) is 25.2 Å². The number of benzene rings is 2. The summed E-state index contributed by atoms with van der Waals surface area (Å²) in [4.78, 5) is 70.5. The number of hydrogen-bond donors (Lipinski definition) is 3. The minimum Gasteiger partial charge on any atom is -0.444 e. The van der Waals surface area contributed by atoms with Crippen LogP contribution in [0.2, 0.25) is 0 Å². The highest BCUT2D eigenvalue weighted by atomic mass is 32.2. The van der Waals surface area contributed by atoms with E-state index in [2.05, 4.69) is 10.6 Å². The molecule has 1 aliphatic carbocycles. The molecule has 6 rings (SSSR count). The molecular weight excluding hydrogens is 741 g/mol. The number of fused-ring (bicyclic) bond motifs is 3. The Bertz CT molecular complexity index is 2000. The van der Waals surface area contributed by atoms with Gasteiger partial charge in [-0.05, 0) is 70.2 Å². The number of allylic oxidation sites excluding steroid dienone is 1. The number of halogens is 2. The van der Waals surface area contributed by atoms with Gasteiger partial charge in [0.25, 0.3) is 15.9 Å². The average molecular weight is 786 g/mol. The Balaban J connectivity index is 1.27. The fraction of sp³-hybridized carbons (Fsp3) is 0.500. The van der Waals surface area contributed by atoms with Crippen LogP contribution in [0, 0.1) is 17.6 Å². The third-order valence-corrected chi connectivity index (χ3v) is 11.5. The molecule has 5 amide bonds. The van der Waals surface area contributed by atoms with Crippen molar-refractivity contribution in [3.8, 4) is 0 Å². The smallest absolute Gasteiger partial charge is 0.410 e.